The van der Waals surface area contributed by atoms with E-state index in [-0.39, 0.29) is 12.2 Å². The maximum atomic E-state index is 13.7. The number of aromatic nitrogens is 2. The summed E-state index contributed by atoms with van der Waals surface area (Å²) in [5, 5.41) is 6.56. The Balaban J connectivity index is 2.17. The highest BCUT2D eigenvalue weighted by atomic mass is 19.1. The molecule has 0 atom stereocenters. The number of nitrogens with one attached hydrogen (secondary N) is 1. The lowest BCUT2D eigenvalue weighted by atomic mass is 10.1. The number of hydrogen-bond acceptors (Lipinski definition) is 3. The summed E-state index contributed by atoms with van der Waals surface area (Å²) in [4.78, 5) is 11.9. The van der Waals surface area contributed by atoms with Gasteiger partial charge in [-0.2, -0.15) is 5.10 Å². The van der Waals surface area contributed by atoms with Gasteiger partial charge in [-0.1, -0.05) is 0 Å². The molecule has 0 unspecified atom stereocenters. The minimum absolute atomic E-state index is 0.131. The van der Waals surface area contributed by atoms with Crippen molar-refractivity contribution >= 4 is 11.6 Å². The van der Waals surface area contributed by atoms with Crippen molar-refractivity contribution in [1.29, 1.82) is 0 Å². The first-order valence-electron chi connectivity index (χ1n) is 5.91. The molecule has 0 fully saturated rings. The van der Waals surface area contributed by atoms with Gasteiger partial charge in [0.1, 0.15) is 11.4 Å². The molecule has 1 aromatic heterocycles. The Labute approximate surface area is 114 Å². The summed E-state index contributed by atoms with van der Waals surface area (Å²) in [6.07, 6.45) is 1.72. The number of anilines is 1. The number of carbonyl (C=O) groups excluding carboxylic acids is 1. The van der Waals surface area contributed by atoms with E-state index in [4.69, 9.17) is 5.73 Å². The Morgan fingerprint density at radius 1 is 1.45 bits per heavy atom. The third-order valence-corrected chi connectivity index (χ3v) is 2.90. The maximum Gasteiger partial charge on any atom is 0.257 e. The van der Waals surface area contributed by atoms with Crippen LogP contribution in [0.15, 0.2) is 18.3 Å². The van der Waals surface area contributed by atoms with Gasteiger partial charge in [-0.05, 0) is 19.1 Å². The summed E-state index contributed by atoms with van der Waals surface area (Å²) in [6.45, 7) is 1.91. The van der Waals surface area contributed by atoms with Crippen molar-refractivity contribution in [3.63, 3.8) is 0 Å². The predicted octanol–water partition coefficient (Wildman–Crippen LogP) is 1.52. The number of aryl methyl sites for hydroxylation is 2. The first-order chi connectivity index (χ1) is 9.40. The summed E-state index contributed by atoms with van der Waals surface area (Å²) in [7, 11) is 1.75. The molecule has 0 radical (unpaired) electrons. The van der Waals surface area contributed by atoms with Crippen molar-refractivity contribution < 1.29 is 13.6 Å². The average Bonchev–Trinajstić information content (AvgIpc) is 2.70. The van der Waals surface area contributed by atoms with Crippen molar-refractivity contribution in [2.45, 2.75) is 13.5 Å². The first-order valence-corrected chi connectivity index (χ1v) is 5.91. The predicted molar refractivity (Wildman–Crippen MR) is 69.9 cm³/mol. The number of benzene rings is 1. The van der Waals surface area contributed by atoms with Gasteiger partial charge in [-0.15, -0.1) is 0 Å². The Morgan fingerprint density at radius 3 is 2.75 bits per heavy atom. The van der Waals surface area contributed by atoms with Gasteiger partial charge in [-0.3, -0.25) is 9.48 Å². The summed E-state index contributed by atoms with van der Waals surface area (Å²) in [5.41, 5.74) is 5.89. The molecule has 3 N–H and O–H groups in total. The van der Waals surface area contributed by atoms with Crippen LogP contribution in [0, 0.1) is 18.6 Å². The smallest absolute Gasteiger partial charge is 0.257 e. The molecule has 0 saturated heterocycles. The van der Waals surface area contributed by atoms with Crippen LogP contribution in [-0.4, -0.2) is 15.7 Å². The quantitative estimate of drug-likeness (QED) is 0.837. The Kier molecular flexibility index (Phi) is 3.69. The molecule has 20 heavy (non-hydrogen) atoms. The van der Waals surface area contributed by atoms with Gasteiger partial charge in [0.15, 0.2) is 5.82 Å². The van der Waals surface area contributed by atoms with E-state index >= 15 is 0 Å². The summed E-state index contributed by atoms with van der Waals surface area (Å²) in [6, 6.07) is 2.04. The van der Waals surface area contributed by atoms with Gasteiger partial charge in [0.05, 0.1) is 11.4 Å². The van der Waals surface area contributed by atoms with Crippen LogP contribution in [0.4, 0.5) is 14.5 Å². The normalized spacial score (nSPS) is 10.6. The van der Waals surface area contributed by atoms with E-state index < -0.39 is 23.1 Å². The van der Waals surface area contributed by atoms with E-state index in [0.29, 0.717) is 0 Å². The topological polar surface area (TPSA) is 72.9 Å². The molecule has 0 aliphatic heterocycles. The van der Waals surface area contributed by atoms with E-state index in [1.54, 1.807) is 24.9 Å². The maximum absolute atomic E-state index is 13.7. The second-order valence-corrected chi connectivity index (χ2v) is 4.42. The highest BCUT2D eigenvalue weighted by Crippen LogP contribution is 2.18. The monoisotopic (exact) mass is 280 g/mol. The number of halogens is 2. The average molecular weight is 280 g/mol. The van der Waals surface area contributed by atoms with Crippen LogP contribution in [0.3, 0.4) is 0 Å². The van der Waals surface area contributed by atoms with Crippen LogP contribution in [0.5, 0.6) is 0 Å². The van der Waals surface area contributed by atoms with Gasteiger partial charge >= 0.3 is 0 Å². The number of hydrogen-bond donors (Lipinski definition) is 2. The van der Waals surface area contributed by atoms with Crippen LogP contribution in [-0.2, 0) is 13.6 Å². The van der Waals surface area contributed by atoms with Crippen molar-refractivity contribution in [3.05, 3.63) is 46.8 Å². The number of amides is 1. The number of rotatable bonds is 3. The van der Waals surface area contributed by atoms with Crippen LogP contribution in [0.1, 0.15) is 21.6 Å². The molecule has 1 amide bonds. The third-order valence-electron chi connectivity index (χ3n) is 2.90. The molecule has 2 aromatic rings. The van der Waals surface area contributed by atoms with Gasteiger partial charge in [0, 0.05) is 25.4 Å². The number of nitrogen functional groups attached to an aromatic ring is 1. The zero-order valence-corrected chi connectivity index (χ0v) is 11.1. The molecule has 1 aromatic carbocycles. The van der Waals surface area contributed by atoms with Gasteiger partial charge in [-0.25, -0.2) is 8.78 Å². The molecule has 0 bridgehead atoms. The SMILES string of the molecule is Cc1nn(C)cc1CNC(=O)c1c(F)ccc(N)c1F. The molecule has 1 heterocycles. The molecule has 7 heteroatoms. The largest absolute Gasteiger partial charge is 0.396 e. The molecule has 2 rings (SSSR count). The van der Waals surface area contributed by atoms with Crippen molar-refractivity contribution in [1.82, 2.24) is 15.1 Å². The second kappa shape index (κ2) is 5.28. The lowest BCUT2D eigenvalue weighted by molar-refractivity contribution is 0.0942. The number of nitrogens with two attached hydrogens (primary N) is 1. The Hall–Kier alpha value is -2.44. The second-order valence-electron chi connectivity index (χ2n) is 4.42. The lowest BCUT2D eigenvalue weighted by Crippen LogP contribution is -2.25. The van der Waals surface area contributed by atoms with E-state index in [1.165, 1.54) is 0 Å². The fourth-order valence-electron chi connectivity index (χ4n) is 1.86. The van der Waals surface area contributed by atoms with Crippen LogP contribution < -0.4 is 11.1 Å². The van der Waals surface area contributed by atoms with Crippen LogP contribution in [0.25, 0.3) is 0 Å². The molecular weight excluding hydrogens is 266 g/mol. The van der Waals surface area contributed by atoms with Gasteiger partial charge in [0.2, 0.25) is 0 Å². The third kappa shape index (κ3) is 2.61. The zero-order chi connectivity index (χ0) is 14.9. The first kappa shape index (κ1) is 14.0. The number of carbonyl (C=O) groups is 1. The van der Waals surface area contributed by atoms with Gasteiger partial charge in [0.25, 0.3) is 5.91 Å². The summed E-state index contributed by atoms with van der Waals surface area (Å²) < 4.78 is 28.8. The highest BCUT2D eigenvalue weighted by molar-refractivity contribution is 5.95. The van der Waals surface area contributed by atoms with E-state index in [2.05, 4.69) is 10.4 Å². The van der Waals surface area contributed by atoms with E-state index in [9.17, 15) is 13.6 Å². The molecule has 5 nitrogen and oxygen atoms in total. The highest BCUT2D eigenvalue weighted by Gasteiger charge is 2.19. The standard InChI is InChI=1S/C13H14F2N4O/c1-7-8(6-19(2)18-7)5-17-13(20)11-9(14)3-4-10(16)12(11)15/h3-4,6H,5,16H2,1-2H3,(H,17,20). The number of nitrogens with zero attached hydrogens (tertiary/aromatic N) is 2. The van der Waals surface area contributed by atoms with Gasteiger partial charge < -0.3 is 11.1 Å². The molecular formula is C13H14F2N4O. The minimum atomic E-state index is -1.05. The minimum Gasteiger partial charge on any atom is -0.396 e. The van der Waals surface area contributed by atoms with Crippen molar-refractivity contribution in [2.75, 3.05) is 5.73 Å². The molecule has 0 saturated carbocycles. The van der Waals surface area contributed by atoms with E-state index in [1.807, 2.05) is 0 Å². The Bertz CT molecular complexity index is 667. The fraction of sp³-hybridized carbons (Fsp3) is 0.231. The van der Waals surface area contributed by atoms with E-state index in [0.717, 1.165) is 23.4 Å². The van der Waals surface area contributed by atoms with Crippen LogP contribution >= 0.6 is 0 Å². The van der Waals surface area contributed by atoms with Crippen LogP contribution in [0.2, 0.25) is 0 Å². The summed E-state index contributed by atoms with van der Waals surface area (Å²) in [5.74, 6) is -2.85. The van der Waals surface area contributed by atoms with Crippen molar-refractivity contribution in [2.24, 2.45) is 7.05 Å². The lowest BCUT2D eigenvalue weighted by Gasteiger charge is -2.08. The molecule has 0 spiro atoms. The summed E-state index contributed by atoms with van der Waals surface area (Å²) >= 11 is 0. The zero-order valence-electron chi connectivity index (χ0n) is 11.1. The van der Waals surface area contributed by atoms with Crippen molar-refractivity contribution in [3.8, 4) is 0 Å². The molecule has 0 aliphatic rings. The Morgan fingerprint density at radius 2 is 2.15 bits per heavy atom. The molecule has 0 aliphatic carbocycles. The fourth-order valence-corrected chi connectivity index (χ4v) is 1.86. The molecule has 106 valence electrons.